The number of carbonyl (C=O) groups is 2. The number of allylic oxidation sites excluding steroid dienone is 2. The molecular weight excluding hydrogens is 583 g/mol. The number of rotatable bonds is 8. The van der Waals surface area contributed by atoms with E-state index in [1.807, 2.05) is 0 Å². The third kappa shape index (κ3) is 6.19. The highest BCUT2D eigenvalue weighted by Crippen LogP contribution is 2.35. The number of nitrogens with zero attached hydrogens (tertiary/aromatic N) is 1. The molecule has 194 valence electrons. The Labute approximate surface area is 232 Å². The molecule has 2 aliphatic heterocycles. The summed E-state index contributed by atoms with van der Waals surface area (Å²) in [5.41, 5.74) is 0.857. The van der Waals surface area contributed by atoms with Crippen LogP contribution in [0.4, 0.5) is 5.69 Å². The van der Waals surface area contributed by atoms with E-state index in [0.29, 0.717) is 16.3 Å². The zero-order valence-electron chi connectivity index (χ0n) is 19.0. The number of amides is 1. The van der Waals surface area contributed by atoms with Crippen molar-refractivity contribution in [3.63, 3.8) is 0 Å². The number of sulfonamides is 1. The number of benzene rings is 2. The maximum absolute atomic E-state index is 13.3. The Bertz CT molecular complexity index is 1440. The summed E-state index contributed by atoms with van der Waals surface area (Å²) in [6, 6.07) is 8.11. The fourth-order valence-corrected chi connectivity index (χ4v) is 5.94. The minimum absolute atomic E-state index is 0.0205. The van der Waals surface area contributed by atoms with Crippen molar-refractivity contribution in [2.24, 2.45) is 0 Å². The average molecular weight is 602 g/mol. The van der Waals surface area contributed by atoms with E-state index in [-0.39, 0.29) is 32.6 Å². The maximum Gasteiger partial charge on any atom is 0.328 e. The van der Waals surface area contributed by atoms with E-state index in [1.54, 1.807) is 47.0 Å². The summed E-state index contributed by atoms with van der Waals surface area (Å²) in [5, 5.41) is 3.16. The number of methoxy groups -OCH3 is 1. The molecule has 0 unspecified atom stereocenters. The van der Waals surface area contributed by atoms with Crippen LogP contribution in [0.5, 0.6) is 0 Å². The topological polar surface area (TPSA) is 117 Å². The van der Waals surface area contributed by atoms with Gasteiger partial charge in [-0.15, -0.1) is 0 Å². The number of esters is 1. The van der Waals surface area contributed by atoms with Crippen LogP contribution >= 0.6 is 46.9 Å². The van der Waals surface area contributed by atoms with Gasteiger partial charge in [-0.05, 0) is 42.0 Å². The molecule has 0 saturated carbocycles. The highest BCUT2D eigenvalue weighted by atomic mass is 35.5. The molecule has 2 heterocycles. The van der Waals surface area contributed by atoms with Gasteiger partial charge < -0.3 is 14.8 Å². The van der Waals surface area contributed by atoms with Crippen LogP contribution in [0.1, 0.15) is 15.9 Å². The Kier molecular flexibility index (Phi) is 8.29. The summed E-state index contributed by atoms with van der Waals surface area (Å²) in [6.07, 6.45) is 6.34. The first-order valence-corrected chi connectivity index (χ1v) is 13.9. The van der Waals surface area contributed by atoms with Gasteiger partial charge in [-0.2, -0.15) is 0 Å². The summed E-state index contributed by atoms with van der Waals surface area (Å²) >= 11 is 19.4. The molecule has 2 aromatic carbocycles. The normalized spacial score (nSPS) is 15.2. The number of fused-ring (bicyclic) bond motifs is 1. The van der Waals surface area contributed by atoms with E-state index in [0.717, 1.165) is 0 Å². The van der Waals surface area contributed by atoms with Gasteiger partial charge in [-0.3, -0.25) is 13.8 Å². The van der Waals surface area contributed by atoms with Gasteiger partial charge in [0.15, 0.2) is 0 Å². The first kappa shape index (κ1) is 27.2. The predicted molar refractivity (Wildman–Crippen MR) is 145 cm³/mol. The molecule has 0 spiro atoms. The van der Waals surface area contributed by atoms with Crippen LogP contribution in [0.15, 0.2) is 71.6 Å². The minimum atomic E-state index is -4.17. The summed E-state index contributed by atoms with van der Waals surface area (Å²) < 4.78 is 38.4. The highest BCUT2D eigenvalue weighted by molar-refractivity contribution is 7.97. The first-order valence-electron chi connectivity index (χ1n) is 10.5. The van der Waals surface area contributed by atoms with Gasteiger partial charge in [-0.1, -0.05) is 46.9 Å². The quantitative estimate of drug-likeness (QED) is 0.296. The van der Waals surface area contributed by atoms with Crippen LogP contribution in [0, 0.1) is 0 Å². The molecule has 3 N–H and O–H groups in total. The van der Waals surface area contributed by atoms with Crippen LogP contribution in [0.2, 0.25) is 15.1 Å². The first-order chi connectivity index (χ1) is 17.6. The maximum atomic E-state index is 13.3. The minimum Gasteiger partial charge on any atom is -0.467 e. The number of halogens is 3. The Balaban J connectivity index is 1.63. The SMILES string of the molecule is COC(=O)[C@H](Cc1ccc(Cl)cc1)NC(=O)c1cc(Cl)c(Cl)cc1NS(=O)(=O)C1=CC=CN2SNC=C12. The Hall–Kier alpha value is -2.83. The third-order valence-corrected chi connectivity index (χ3v) is 8.41. The van der Waals surface area contributed by atoms with Gasteiger partial charge in [0, 0.05) is 23.8 Å². The lowest BCUT2D eigenvalue weighted by Gasteiger charge is -2.22. The summed E-state index contributed by atoms with van der Waals surface area (Å²) in [7, 11) is -2.97. The molecule has 1 amide bonds. The van der Waals surface area contributed by atoms with Crippen molar-refractivity contribution < 1.29 is 22.7 Å². The summed E-state index contributed by atoms with van der Waals surface area (Å²) in [6.45, 7) is 0. The zero-order chi connectivity index (χ0) is 26.7. The number of hydrogen-bond donors (Lipinski definition) is 3. The van der Waals surface area contributed by atoms with Crippen molar-refractivity contribution >= 4 is 74.5 Å². The Morgan fingerprint density at radius 3 is 2.54 bits per heavy atom. The fourth-order valence-electron chi connectivity index (χ4n) is 3.51. The van der Waals surface area contributed by atoms with E-state index >= 15 is 0 Å². The largest absolute Gasteiger partial charge is 0.467 e. The molecule has 0 aliphatic carbocycles. The van der Waals surface area contributed by atoms with Gasteiger partial charge in [-0.25, -0.2) is 13.2 Å². The molecular formula is C23H19Cl3N4O5S2. The van der Waals surface area contributed by atoms with E-state index in [4.69, 9.17) is 39.5 Å². The average Bonchev–Trinajstić information content (AvgIpc) is 3.35. The van der Waals surface area contributed by atoms with Gasteiger partial charge in [0.1, 0.15) is 10.9 Å². The number of hydrogen-bond acceptors (Lipinski definition) is 8. The second kappa shape index (κ2) is 11.3. The molecule has 9 nitrogen and oxygen atoms in total. The van der Waals surface area contributed by atoms with Crippen LogP contribution in [0.3, 0.4) is 0 Å². The lowest BCUT2D eigenvalue weighted by Crippen LogP contribution is -2.43. The number of anilines is 1. The predicted octanol–water partition coefficient (Wildman–Crippen LogP) is 4.62. The lowest BCUT2D eigenvalue weighted by molar-refractivity contribution is -0.142. The molecule has 0 saturated heterocycles. The van der Waals surface area contributed by atoms with Crippen molar-refractivity contribution in [2.45, 2.75) is 12.5 Å². The van der Waals surface area contributed by atoms with Crippen LogP contribution < -0.4 is 14.8 Å². The van der Waals surface area contributed by atoms with E-state index in [2.05, 4.69) is 14.8 Å². The van der Waals surface area contributed by atoms with E-state index < -0.39 is 27.9 Å². The van der Waals surface area contributed by atoms with Crippen LogP contribution in [0.25, 0.3) is 0 Å². The van der Waals surface area contributed by atoms with Crippen molar-refractivity contribution in [1.29, 1.82) is 0 Å². The Morgan fingerprint density at radius 2 is 1.84 bits per heavy atom. The van der Waals surface area contributed by atoms with Crippen molar-refractivity contribution in [1.82, 2.24) is 14.3 Å². The van der Waals surface area contributed by atoms with Gasteiger partial charge >= 0.3 is 5.97 Å². The molecule has 4 rings (SSSR count). The van der Waals surface area contributed by atoms with Crippen LogP contribution in [-0.4, -0.2) is 37.8 Å². The van der Waals surface area contributed by atoms with Crippen molar-refractivity contribution in [3.8, 4) is 0 Å². The summed E-state index contributed by atoms with van der Waals surface area (Å²) in [5.74, 6) is -1.46. The van der Waals surface area contributed by atoms with Crippen molar-refractivity contribution in [2.75, 3.05) is 11.8 Å². The monoisotopic (exact) mass is 600 g/mol. The van der Waals surface area contributed by atoms with Crippen LogP contribution in [-0.2, 0) is 26.0 Å². The Morgan fingerprint density at radius 1 is 1.14 bits per heavy atom. The number of carbonyl (C=O) groups excluding carboxylic acids is 2. The molecule has 2 aliphatic rings. The molecule has 1 atom stereocenters. The van der Waals surface area contributed by atoms with Crippen molar-refractivity contribution in [3.05, 3.63) is 97.7 Å². The second-order valence-electron chi connectivity index (χ2n) is 7.73. The summed E-state index contributed by atoms with van der Waals surface area (Å²) in [4.78, 5) is 25.7. The van der Waals surface area contributed by atoms with E-state index in [1.165, 1.54) is 37.5 Å². The second-order valence-corrected chi connectivity index (χ2v) is 11.4. The zero-order valence-corrected chi connectivity index (χ0v) is 22.9. The smallest absolute Gasteiger partial charge is 0.328 e. The number of nitrogens with one attached hydrogen (secondary N) is 3. The van der Waals surface area contributed by atoms with Gasteiger partial charge in [0.05, 0.1) is 46.2 Å². The third-order valence-electron chi connectivity index (χ3n) is 5.29. The molecule has 37 heavy (non-hydrogen) atoms. The molecule has 14 heteroatoms. The molecule has 0 aromatic heterocycles. The molecule has 2 aromatic rings. The molecule has 0 bridgehead atoms. The molecule has 0 radical (unpaired) electrons. The highest BCUT2D eigenvalue weighted by Gasteiger charge is 2.31. The van der Waals surface area contributed by atoms with E-state index in [9.17, 15) is 18.0 Å². The fraction of sp³-hybridized carbons (Fsp3) is 0.130. The molecule has 0 fully saturated rings. The standard InChI is InChI=1S/C23H19Cl3N4O5S2/c1-35-23(32)19(9-13-4-6-14(24)7-5-13)28-22(31)15-10-16(25)17(26)11-18(15)29-37(33,34)21-3-2-8-30-20(21)12-27-36-30/h2-8,10-12,19,27,29H,9H2,1H3,(H,28,31)/t19-/m0/s1. The lowest BCUT2D eigenvalue weighted by atomic mass is 10.0. The number of ether oxygens (including phenoxy) is 1. The van der Waals surface area contributed by atoms with Gasteiger partial charge in [0.2, 0.25) is 0 Å². The van der Waals surface area contributed by atoms with Gasteiger partial charge in [0.25, 0.3) is 15.9 Å².